The zero-order valence-electron chi connectivity index (χ0n) is 20.7. The van der Waals surface area contributed by atoms with Crippen LogP contribution in [0.25, 0.3) is 0 Å². The molecule has 3 amide bonds. The first-order valence-electron chi connectivity index (χ1n) is 13.8. The summed E-state index contributed by atoms with van der Waals surface area (Å²) in [5, 5.41) is 13.0. The highest BCUT2D eigenvalue weighted by Crippen LogP contribution is 2.57. The van der Waals surface area contributed by atoms with Gasteiger partial charge in [0.1, 0.15) is 6.10 Å². The van der Waals surface area contributed by atoms with E-state index in [0.717, 1.165) is 44.1 Å². The Morgan fingerprint density at radius 2 is 1.68 bits per heavy atom. The molecule has 11 unspecified atom stereocenters. The number of carbonyl (C=O) groups is 3. The SMILES string of the molecule is O=C1NC(=O)C2C1C1OC3CCCCC3OC1C1C2C2CCC(OCc3ccccc3)CC2N1C(=O)O. The van der Waals surface area contributed by atoms with E-state index in [2.05, 4.69) is 5.32 Å². The van der Waals surface area contributed by atoms with Gasteiger partial charge in [-0.2, -0.15) is 0 Å². The summed E-state index contributed by atoms with van der Waals surface area (Å²) in [6.45, 7) is 0.481. The lowest BCUT2D eigenvalue weighted by molar-refractivity contribution is -0.271. The highest BCUT2D eigenvalue weighted by Gasteiger charge is 2.70. The molecule has 3 aliphatic heterocycles. The number of hydrogen-bond acceptors (Lipinski definition) is 6. The number of nitrogens with zero attached hydrogens (tertiary/aromatic N) is 1. The standard InChI is InChI=1S/C28H34N2O7/c31-26-21-20-16-11-10-15(35-13-14-6-2-1-3-7-14)12-17(16)30(28(33)34)23(20)25-24(22(21)27(32)29-26)36-18-8-4-5-9-19(18)37-25/h1-3,6-7,15-25H,4-5,8-13H2,(H,33,34)(H,29,31,32). The van der Waals surface area contributed by atoms with Gasteiger partial charge in [0, 0.05) is 6.04 Å². The monoisotopic (exact) mass is 510 g/mol. The van der Waals surface area contributed by atoms with Crippen molar-refractivity contribution in [3.8, 4) is 0 Å². The Hall–Kier alpha value is -2.49. The molecule has 2 N–H and O–H groups in total. The van der Waals surface area contributed by atoms with Gasteiger partial charge in [-0.15, -0.1) is 0 Å². The molecule has 6 fully saturated rings. The first-order chi connectivity index (χ1) is 18.0. The molecule has 3 heterocycles. The van der Waals surface area contributed by atoms with Crippen LogP contribution >= 0.6 is 0 Å². The average molecular weight is 511 g/mol. The number of nitrogens with one attached hydrogen (secondary N) is 1. The second-order valence-electron chi connectivity index (χ2n) is 11.7. The molecule has 9 heteroatoms. The predicted octanol–water partition coefficient (Wildman–Crippen LogP) is 2.72. The largest absolute Gasteiger partial charge is 0.465 e. The van der Waals surface area contributed by atoms with Crippen LogP contribution in [0.2, 0.25) is 0 Å². The van der Waals surface area contributed by atoms with Gasteiger partial charge in [0.25, 0.3) is 0 Å². The molecule has 0 bridgehead atoms. The van der Waals surface area contributed by atoms with Gasteiger partial charge in [0.05, 0.1) is 48.9 Å². The van der Waals surface area contributed by atoms with Gasteiger partial charge in [0.2, 0.25) is 11.8 Å². The Morgan fingerprint density at radius 3 is 2.41 bits per heavy atom. The molecular formula is C28H34N2O7. The van der Waals surface area contributed by atoms with Gasteiger partial charge in [0.15, 0.2) is 0 Å². The number of imide groups is 1. The van der Waals surface area contributed by atoms with E-state index < -0.39 is 36.2 Å². The molecular weight excluding hydrogens is 476 g/mol. The Bertz CT molecular complexity index is 1080. The minimum Gasteiger partial charge on any atom is -0.465 e. The highest BCUT2D eigenvalue weighted by atomic mass is 16.6. The minimum atomic E-state index is -0.998. The molecule has 6 aliphatic rings. The maximum Gasteiger partial charge on any atom is 0.407 e. The van der Waals surface area contributed by atoms with E-state index >= 15 is 0 Å². The first-order valence-corrected chi connectivity index (χ1v) is 13.8. The zero-order valence-corrected chi connectivity index (χ0v) is 20.7. The van der Waals surface area contributed by atoms with Crippen molar-refractivity contribution in [1.82, 2.24) is 10.2 Å². The molecule has 9 nitrogen and oxygen atoms in total. The lowest BCUT2D eigenvalue weighted by atomic mass is 9.62. The number of carboxylic acid groups (broad SMARTS) is 1. The molecule has 0 spiro atoms. The van der Waals surface area contributed by atoms with Crippen molar-refractivity contribution < 1.29 is 33.7 Å². The number of rotatable bonds is 3. The fraction of sp³-hybridized carbons (Fsp3) is 0.679. The van der Waals surface area contributed by atoms with E-state index in [-0.39, 0.29) is 48.0 Å². The third kappa shape index (κ3) is 3.72. The molecule has 3 saturated carbocycles. The van der Waals surface area contributed by atoms with Crippen molar-refractivity contribution in [2.24, 2.45) is 23.7 Å². The molecule has 7 rings (SSSR count). The van der Waals surface area contributed by atoms with Crippen molar-refractivity contribution in [1.29, 1.82) is 0 Å². The predicted molar refractivity (Wildman–Crippen MR) is 129 cm³/mol. The Balaban J connectivity index is 1.20. The summed E-state index contributed by atoms with van der Waals surface area (Å²) in [5.74, 6) is -2.07. The number of carbonyl (C=O) groups excluding carboxylic acids is 2. The van der Waals surface area contributed by atoms with Crippen LogP contribution in [-0.4, -0.2) is 70.5 Å². The molecule has 37 heavy (non-hydrogen) atoms. The van der Waals surface area contributed by atoms with Crippen molar-refractivity contribution in [3.63, 3.8) is 0 Å². The second kappa shape index (κ2) is 9.06. The van der Waals surface area contributed by atoms with E-state index in [1.807, 2.05) is 30.3 Å². The topological polar surface area (TPSA) is 114 Å². The summed E-state index contributed by atoms with van der Waals surface area (Å²) in [7, 11) is 0. The van der Waals surface area contributed by atoms with Crippen LogP contribution in [0.1, 0.15) is 50.5 Å². The van der Waals surface area contributed by atoms with Crippen LogP contribution < -0.4 is 5.32 Å². The highest BCUT2D eigenvalue weighted by molar-refractivity contribution is 6.06. The summed E-state index contributed by atoms with van der Waals surface area (Å²) >= 11 is 0. The average Bonchev–Trinajstić information content (AvgIpc) is 3.40. The number of likely N-dealkylation sites (tertiary alicyclic amines) is 1. The maximum atomic E-state index is 13.2. The quantitative estimate of drug-likeness (QED) is 0.601. The summed E-state index contributed by atoms with van der Waals surface area (Å²) in [6.07, 6.45) is 3.55. The van der Waals surface area contributed by atoms with Crippen LogP contribution in [-0.2, 0) is 30.4 Å². The van der Waals surface area contributed by atoms with Gasteiger partial charge >= 0.3 is 6.09 Å². The van der Waals surface area contributed by atoms with E-state index in [4.69, 9.17) is 14.2 Å². The summed E-state index contributed by atoms with van der Waals surface area (Å²) in [6, 6.07) is 9.18. The maximum absolute atomic E-state index is 13.2. The number of fused-ring (bicyclic) bond motifs is 9. The number of benzene rings is 1. The Morgan fingerprint density at radius 1 is 0.973 bits per heavy atom. The first kappa shape index (κ1) is 23.6. The fourth-order valence-corrected chi connectivity index (χ4v) is 8.51. The molecule has 3 aliphatic carbocycles. The summed E-state index contributed by atoms with van der Waals surface area (Å²) in [5.41, 5.74) is 1.08. The Kier molecular flexibility index (Phi) is 5.78. The fourth-order valence-electron chi connectivity index (χ4n) is 8.51. The number of amides is 3. The van der Waals surface area contributed by atoms with Crippen LogP contribution in [0.5, 0.6) is 0 Å². The van der Waals surface area contributed by atoms with Gasteiger partial charge in [-0.1, -0.05) is 43.2 Å². The van der Waals surface area contributed by atoms with E-state index in [9.17, 15) is 19.5 Å². The summed E-state index contributed by atoms with van der Waals surface area (Å²) in [4.78, 5) is 40.6. The van der Waals surface area contributed by atoms with Gasteiger partial charge in [-0.3, -0.25) is 19.8 Å². The lowest BCUT2D eigenvalue weighted by Crippen LogP contribution is -2.67. The molecule has 11 atom stereocenters. The van der Waals surface area contributed by atoms with E-state index in [1.165, 1.54) is 0 Å². The molecule has 0 radical (unpaired) electrons. The van der Waals surface area contributed by atoms with Crippen molar-refractivity contribution >= 4 is 17.9 Å². The molecule has 198 valence electrons. The van der Waals surface area contributed by atoms with Gasteiger partial charge in [-0.05, 0) is 49.5 Å². The van der Waals surface area contributed by atoms with E-state index in [1.54, 1.807) is 4.90 Å². The third-order valence-corrected chi connectivity index (χ3v) is 9.91. The molecule has 3 saturated heterocycles. The van der Waals surface area contributed by atoms with Crippen LogP contribution in [0, 0.1) is 23.7 Å². The normalized spacial score (nSPS) is 44.2. The van der Waals surface area contributed by atoms with Gasteiger partial charge in [-0.25, -0.2) is 4.79 Å². The van der Waals surface area contributed by atoms with Crippen LogP contribution in [0.4, 0.5) is 4.79 Å². The second-order valence-corrected chi connectivity index (χ2v) is 11.7. The van der Waals surface area contributed by atoms with Crippen molar-refractivity contribution in [2.75, 3.05) is 0 Å². The molecule has 0 aromatic heterocycles. The summed E-state index contributed by atoms with van der Waals surface area (Å²) < 4.78 is 19.5. The van der Waals surface area contributed by atoms with Crippen molar-refractivity contribution in [3.05, 3.63) is 35.9 Å². The van der Waals surface area contributed by atoms with Crippen LogP contribution in [0.3, 0.4) is 0 Å². The molecule has 1 aromatic carbocycles. The number of ether oxygens (including phenoxy) is 3. The smallest absolute Gasteiger partial charge is 0.407 e. The van der Waals surface area contributed by atoms with Gasteiger partial charge < -0.3 is 19.3 Å². The Labute approximate surface area is 215 Å². The molecule has 1 aromatic rings. The minimum absolute atomic E-state index is 0.0181. The van der Waals surface area contributed by atoms with E-state index in [0.29, 0.717) is 13.0 Å². The number of hydrogen-bond donors (Lipinski definition) is 2. The third-order valence-electron chi connectivity index (χ3n) is 9.91. The lowest BCUT2D eigenvalue weighted by Gasteiger charge is -2.53. The zero-order chi connectivity index (χ0) is 25.3. The van der Waals surface area contributed by atoms with Crippen molar-refractivity contribution in [2.45, 2.75) is 94.2 Å². The van der Waals surface area contributed by atoms with Crippen LogP contribution in [0.15, 0.2) is 30.3 Å².